The highest BCUT2D eigenvalue weighted by molar-refractivity contribution is 5.81. The van der Waals surface area contributed by atoms with Crippen LogP contribution >= 0.6 is 0 Å². The number of hydrogen-bond donors (Lipinski definition) is 0. The lowest BCUT2D eigenvalue weighted by atomic mass is 9.58. The molecule has 38 heavy (non-hydrogen) atoms. The van der Waals surface area contributed by atoms with Gasteiger partial charge in [-0.25, -0.2) is 4.98 Å². The minimum absolute atomic E-state index is 0.188. The summed E-state index contributed by atoms with van der Waals surface area (Å²) >= 11 is 0. The van der Waals surface area contributed by atoms with Crippen molar-refractivity contribution in [2.75, 3.05) is 13.6 Å². The van der Waals surface area contributed by atoms with Gasteiger partial charge in [0.05, 0.1) is 5.41 Å². The van der Waals surface area contributed by atoms with Crippen LogP contribution in [0, 0.1) is 11.8 Å². The first kappa shape index (κ1) is 25.1. The van der Waals surface area contributed by atoms with E-state index in [9.17, 15) is 13.2 Å². The van der Waals surface area contributed by atoms with Gasteiger partial charge in [-0.15, -0.1) is 10.2 Å². The Labute approximate surface area is 219 Å². The number of aromatic nitrogens is 4. The Hall–Kier alpha value is -3.20. The summed E-state index contributed by atoms with van der Waals surface area (Å²) in [6, 6.07) is 10.7. The number of benzene rings is 2. The predicted octanol–water partition coefficient (Wildman–Crippen LogP) is 6.59. The molecule has 2 aliphatic rings. The molecule has 6 nitrogen and oxygen atoms in total. The Morgan fingerprint density at radius 2 is 1.95 bits per heavy atom. The highest BCUT2D eigenvalue weighted by atomic mass is 19.4. The number of fused-ring (bicyclic) bond motifs is 1. The third kappa shape index (κ3) is 4.40. The van der Waals surface area contributed by atoms with E-state index in [1.807, 2.05) is 42.9 Å². The molecule has 2 aromatic heterocycles. The molecular weight excluding hydrogens is 491 g/mol. The molecule has 200 valence electrons. The maximum absolute atomic E-state index is 14.1. The van der Waals surface area contributed by atoms with Crippen LogP contribution in [-0.2, 0) is 25.2 Å². The van der Waals surface area contributed by atoms with Gasteiger partial charge in [-0.05, 0) is 80.0 Å². The molecule has 4 aromatic rings. The van der Waals surface area contributed by atoms with Gasteiger partial charge in [0.25, 0.3) is 0 Å². The van der Waals surface area contributed by atoms with Crippen molar-refractivity contribution in [1.29, 1.82) is 0 Å². The Morgan fingerprint density at radius 1 is 1.16 bits per heavy atom. The van der Waals surface area contributed by atoms with Crippen LogP contribution in [0.3, 0.4) is 0 Å². The fraction of sp³-hybridized carbons (Fsp3) is 0.483. The molecule has 0 atom stereocenters. The van der Waals surface area contributed by atoms with Gasteiger partial charge >= 0.3 is 6.18 Å². The normalized spacial score (nSPS) is 22.1. The van der Waals surface area contributed by atoms with E-state index in [0.29, 0.717) is 29.5 Å². The highest BCUT2D eigenvalue weighted by Gasteiger charge is 2.48. The second kappa shape index (κ2) is 9.22. The van der Waals surface area contributed by atoms with Gasteiger partial charge in [-0.3, -0.25) is 0 Å². The number of oxazole rings is 1. The molecule has 0 spiro atoms. The molecule has 0 bridgehead atoms. The second-order valence-corrected chi connectivity index (χ2v) is 11.4. The molecule has 0 saturated heterocycles. The van der Waals surface area contributed by atoms with Crippen LogP contribution in [-0.4, -0.2) is 38.2 Å². The zero-order valence-corrected chi connectivity index (χ0v) is 21.9. The van der Waals surface area contributed by atoms with E-state index >= 15 is 0 Å². The van der Waals surface area contributed by atoms with Crippen molar-refractivity contribution >= 4 is 11.1 Å². The molecule has 0 amide bonds. The smallest absolute Gasteiger partial charge is 0.420 e. The van der Waals surface area contributed by atoms with Crippen LogP contribution in [0.15, 0.2) is 47.1 Å². The molecule has 2 heterocycles. The van der Waals surface area contributed by atoms with Crippen LogP contribution in [0.4, 0.5) is 13.2 Å². The molecule has 2 aromatic carbocycles. The zero-order chi connectivity index (χ0) is 26.7. The molecule has 0 radical (unpaired) electrons. The summed E-state index contributed by atoms with van der Waals surface area (Å²) in [6.45, 7) is 3.53. The predicted molar refractivity (Wildman–Crippen MR) is 138 cm³/mol. The standard InChI is InChI=1S/C29H32F3N5O/c1-18-13-28(14-18,27-35-33-17-37(27)3)22-9-5-8-21(12-22)26-34-24-11-20(16-36(2)15-19-6-4-7-19)10-23(25(24)38-26)29(30,31)32/h5,8-12,17-19H,4,6-7,13-16H2,1-3H3. The largest absolute Gasteiger partial charge is 0.435 e. The summed E-state index contributed by atoms with van der Waals surface area (Å²) in [5.74, 6) is 2.25. The average molecular weight is 524 g/mol. The number of alkyl halides is 3. The summed E-state index contributed by atoms with van der Waals surface area (Å²) in [5.41, 5.74) is 1.22. The number of rotatable bonds is 7. The molecule has 0 aliphatic heterocycles. The lowest BCUT2D eigenvalue weighted by Crippen LogP contribution is -2.43. The summed E-state index contributed by atoms with van der Waals surface area (Å²) in [6.07, 6.45) is 2.63. The number of halogens is 3. The van der Waals surface area contributed by atoms with Crippen LogP contribution in [0.1, 0.15) is 61.5 Å². The van der Waals surface area contributed by atoms with Crippen molar-refractivity contribution in [3.63, 3.8) is 0 Å². The molecule has 9 heteroatoms. The summed E-state index contributed by atoms with van der Waals surface area (Å²) < 4.78 is 50.1. The van der Waals surface area contributed by atoms with Crippen molar-refractivity contribution in [2.45, 2.75) is 57.2 Å². The Balaban J connectivity index is 1.37. The SMILES string of the molecule is CC1CC(c2cccc(-c3nc4cc(CN(C)CC5CCC5)cc(C(F)(F)F)c4o3)c2)(c2nncn2C)C1. The lowest BCUT2D eigenvalue weighted by Gasteiger charge is -2.46. The first-order valence-electron chi connectivity index (χ1n) is 13.3. The van der Waals surface area contributed by atoms with Crippen LogP contribution in [0.2, 0.25) is 0 Å². The minimum atomic E-state index is -4.54. The zero-order valence-electron chi connectivity index (χ0n) is 21.9. The van der Waals surface area contributed by atoms with E-state index in [1.54, 1.807) is 12.4 Å². The maximum Gasteiger partial charge on any atom is 0.420 e. The maximum atomic E-state index is 14.1. The third-order valence-electron chi connectivity index (χ3n) is 8.30. The second-order valence-electron chi connectivity index (χ2n) is 11.4. The van der Waals surface area contributed by atoms with Crippen molar-refractivity contribution in [2.24, 2.45) is 18.9 Å². The molecular formula is C29H32F3N5O. The third-order valence-corrected chi connectivity index (χ3v) is 8.30. The van der Waals surface area contributed by atoms with E-state index in [2.05, 4.69) is 27.0 Å². The highest BCUT2D eigenvalue weighted by Crippen LogP contribution is 2.52. The van der Waals surface area contributed by atoms with E-state index in [-0.39, 0.29) is 22.4 Å². The Morgan fingerprint density at radius 3 is 2.58 bits per heavy atom. The van der Waals surface area contributed by atoms with E-state index in [4.69, 9.17) is 4.42 Å². The summed E-state index contributed by atoms with van der Waals surface area (Å²) in [5, 5.41) is 8.49. The van der Waals surface area contributed by atoms with E-state index in [1.165, 1.54) is 25.3 Å². The Bertz CT molecular complexity index is 1460. The average Bonchev–Trinajstić information content (AvgIpc) is 3.44. The first-order chi connectivity index (χ1) is 18.1. The number of hydrogen-bond acceptors (Lipinski definition) is 5. The molecule has 2 fully saturated rings. The van der Waals surface area contributed by atoms with Crippen molar-refractivity contribution in [1.82, 2.24) is 24.6 Å². The van der Waals surface area contributed by atoms with Crippen LogP contribution in [0.25, 0.3) is 22.6 Å². The van der Waals surface area contributed by atoms with Crippen LogP contribution in [0.5, 0.6) is 0 Å². The van der Waals surface area contributed by atoms with Crippen molar-refractivity contribution in [3.8, 4) is 11.5 Å². The van der Waals surface area contributed by atoms with Gasteiger partial charge in [-0.2, -0.15) is 13.2 Å². The molecule has 2 saturated carbocycles. The van der Waals surface area contributed by atoms with E-state index < -0.39 is 11.7 Å². The fourth-order valence-electron chi connectivity index (χ4n) is 6.35. The van der Waals surface area contributed by atoms with Gasteiger partial charge < -0.3 is 13.9 Å². The molecule has 6 rings (SSSR count). The first-order valence-corrected chi connectivity index (χ1v) is 13.3. The van der Waals surface area contributed by atoms with Gasteiger partial charge in [0.1, 0.15) is 23.2 Å². The fourth-order valence-corrected chi connectivity index (χ4v) is 6.35. The summed E-state index contributed by atoms with van der Waals surface area (Å²) in [4.78, 5) is 6.66. The summed E-state index contributed by atoms with van der Waals surface area (Å²) in [7, 11) is 3.90. The quantitative estimate of drug-likeness (QED) is 0.274. The van der Waals surface area contributed by atoms with E-state index in [0.717, 1.165) is 30.8 Å². The van der Waals surface area contributed by atoms with Crippen molar-refractivity contribution < 1.29 is 17.6 Å². The van der Waals surface area contributed by atoms with Gasteiger partial charge in [0.15, 0.2) is 5.58 Å². The van der Waals surface area contributed by atoms with Gasteiger partial charge in [0.2, 0.25) is 5.89 Å². The Kier molecular flexibility index (Phi) is 6.09. The molecule has 2 aliphatic carbocycles. The molecule has 0 N–H and O–H groups in total. The molecule has 0 unspecified atom stereocenters. The lowest BCUT2D eigenvalue weighted by molar-refractivity contribution is -0.136. The monoisotopic (exact) mass is 523 g/mol. The number of aryl methyl sites for hydroxylation is 1. The van der Waals surface area contributed by atoms with Gasteiger partial charge in [-0.1, -0.05) is 25.5 Å². The number of nitrogens with zero attached hydrogens (tertiary/aromatic N) is 5. The topological polar surface area (TPSA) is 60.0 Å². The van der Waals surface area contributed by atoms with Crippen LogP contribution < -0.4 is 0 Å². The van der Waals surface area contributed by atoms with Crippen molar-refractivity contribution in [3.05, 3.63) is 65.2 Å². The van der Waals surface area contributed by atoms with Gasteiger partial charge in [0, 0.05) is 25.7 Å². The minimum Gasteiger partial charge on any atom is -0.435 e.